The van der Waals surface area contributed by atoms with Crippen LogP contribution in [-0.4, -0.2) is 43.3 Å². The average Bonchev–Trinajstić information content (AvgIpc) is 2.68. The summed E-state index contributed by atoms with van der Waals surface area (Å²) >= 11 is 0. The summed E-state index contributed by atoms with van der Waals surface area (Å²) in [5.41, 5.74) is 2.14. The first kappa shape index (κ1) is 17.5. The normalized spacial score (nSPS) is 17.3. The summed E-state index contributed by atoms with van der Waals surface area (Å²) in [6.07, 6.45) is -0.265. The fourth-order valence-electron chi connectivity index (χ4n) is 2.81. The Morgan fingerprint density at radius 2 is 1.64 bits per heavy atom. The Labute approximate surface area is 148 Å². The molecule has 1 heterocycles. The molecule has 1 amide bonds. The highest BCUT2D eigenvalue weighted by Gasteiger charge is 2.24. The predicted molar refractivity (Wildman–Crippen MR) is 96.1 cm³/mol. The Morgan fingerprint density at radius 1 is 1.00 bits per heavy atom. The minimum atomic E-state index is -0.265. The van der Waals surface area contributed by atoms with Crippen molar-refractivity contribution in [2.45, 2.75) is 19.3 Å². The Balaban J connectivity index is 1.40. The first-order valence-electron chi connectivity index (χ1n) is 8.62. The lowest BCUT2D eigenvalue weighted by molar-refractivity contribution is 0.0560. The molecule has 2 aromatic rings. The van der Waals surface area contributed by atoms with Crippen molar-refractivity contribution in [1.29, 1.82) is 0 Å². The van der Waals surface area contributed by atoms with Crippen LogP contribution >= 0.6 is 0 Å². The van der Waals surface area contributed by atoms with Gasteiger partial charge >= 0.3 is 6.09 Å². The quantitative estimate of drug-likeness (QED) is 0.878. The number of benzene rings is 2. The average molecular weight is 340 g/mol. The Hall–Kier alpha value is -2.37. The largest absolute Gasteiger partial charge is 0.445 e. The number of ether oxygens (including phenoxy) is 2. The molecule has 25 heavy (non-hydrogen) atoms. The Bertz CT molecular complexity index is 649. The zero-order valence-corrected chi connectivity index (χ0v) is 14.3. The van der Waals surface area contributed by atoms with E-state index < -0.39 is 0 Å². The standard InChI is InChI=1S/C20H24N2O3/c23-20(25-15-18-9-5-2-6-10-18)22-12-11-21-19(13-22)16-24-14-17-7-3-1-4-8-17/h1-10,19,21H,11-16H2. The topological polar surface area (TPSA) is 50.8 Å². The van der Waals surface area contributed by atoms with Crippen LogP contribution in [0.25, 0.3) is 0 Å². The molecule has 0 bridgehead atoms. The van der Waals surface area contributed by atoms with E-state index in [-0.39, 0.29) is 12.1 Å². The fourth-order valence-corrected chi connectivity index (χ4v) is 2.81. The van der Waals surface area contributed by atoms with Crippen molar-refractivity contribution in [2.75, 3.05) is 26.2 Å². The minimum Gasteiger partial charge on any atom is -0.445 e. The van der Waals surface area contributed by atoms with E-state index in [1.807, 2.05) is 60.7 Å². The van der Waals surface area contributed by atoms with Crippen LogP contribution in [0.2, 0.25) is 0 Å². The molecule has 3 rings (SSSR count). The molecule has 0 saturated carbocycles. The molecule has 1 fully saturated rings. The zero-order chi connectivity index (χ0) is 17.3. The second kappa shape index (κ2) is 9.20. The number of carbonyl (C=O) groups is 1. The van der Waals surface area contributed by atoms with E-state index in [9.17, 15) is 4.79 Å². The molecule has 0 radical (unpaired) electrons. The van der Waals surface area contributed by atoms with Crippen molar-refractivity contribution in [3.63, 3.8) is 0 Å². The highest BCUT2D eigenvalue weighted by molar-refractivity contribution is 5.67. The molecule has 1 atom stereocenters. The maximum atomic E-state index is 12.2. The summed E-state index contributed by atoms with van der Waals surface area (Å²) in [5, 5.41) is 3.39. The fraction of sp³-hybridized carbons (Fsp3) is 0.350. The van der Waals surface area contributed by atoms with Crippen molar-refractivity contribution < 1.29 is 14.3 Å². The van der Waals surface area contributed by atoms with Gasteiger partial charge in [-0.15, -0.1) is 0 Å². The van der Waals surface area contributed by atoms with Gasteiger partial charge < -0.3 is 19.7 Å². The summed E-state index contributed by atoms with van der Waals surface area (Å²) in [6.45, 7) is 3.46. The van der Waals surface area contributed by atoms with Crippen LogP contribution in [0.15, 0.2) is 60.7 Å². The first-order valence-corrected chi connectivity index (χ1v) is 8.62. The molecule has 5 nitrogen and oxygen atoms in total. The number of amides is 1. The van der Waals surface area contributed by atoms with Gasteiger partial charge in [0.25, 0.3) is 0 Å². The van der Waals surface area contributed by atoms with Crippen LogP contribution in [0.4, 0.5) is 4.79 Å². The summed E-state index contributed by atoms with van der Waals surface area (Å²) in [4.78, 5) is 14.0. The third-order valence-electron chi connectivity index (χ3n) is 4.15. The number of piperazine rings is 1. The molecule has 2 aromatic carbocycles. The smallest absolute Gasteiger partial charge is 0.410 e. The van der Waals surface area contributed by atoms with Crippen LogP contribution in [0.1, 0.15) is 11.1 Å². The maximum absolute atomic E-state index is 12.2. The van der Waals surface area contributed by atoms with Gasteiger partial charge in [0, 0.05) is 25.7 Å². The van der Waals surface area contributed by atoms with Crippen molar-refractivity contribution in [3.8, 4) is 0 Å². The van der Waals surface area contributed by atoms with E-state index in [1.165, 1.54) is 0 Å². The predicted octanol–water partition coefficient (Wildman–Crippen LogP) is 2.81. The summed E-state index contributed by atoms with van der Waals surface area (Å²) in [6, 6.07) is 19.9. The van der Waals surface area contributed by atoms with Gasteiger partial charge in [0.2, 0.25) is 0 Å². The number of nitrogens with zero attached hydrogens (tertiary/aromatic N) is 1. The molecule has 0 spiro atoms. The third-order valence-corrected chi connectivity index (χ3v) is 4.15. The van der Waals surface area contributed by atoms with Crippen molar-refractivity contribution in [3.05, 3.63) is 71.8 Å². The van der Waals surface area contributed by atoms with Crippen molar-refractivity contribution >= 4 is 6.09 Å². The second-order valence-corrected chi connectivity index (χ2v) is 6.14. The lowest BCUT2D eigenvalue weighted by Crippen LogP contribution is -2.54. The third kappa shape index (κ3) is 5.59. The molecule has 1 N–H and O–H groups in total. The van der Waals surface area contributed by atoms with E-state index in [1.54, 1.807) is 4.90 Å². The first-order chi connectivity index (χ1) is 12.3. The van der Waals surface area contributed by atoms with Crippen LogP contribution in [-0.2, 0) is 22.7 Å². The van der Waals surface area contributed by atoms with E-state index in [4.69, 9.17) is 9.47 Å². The van der Waals surface area contributed by atoms with Gasteiger partial charge in [0.05, 0.1) is 13.2 Å². The minimum absolute atomic E-state index is 0.127. The monoisotopic (exact) mass is 340 g/mol. The highest BCUT2D eigenvalue weighted by atomic mass is 16.6. The SMILES string of the molecule is O=C(OCc1ccccc1)N1CCNC(COCc2ccccc2)C1. The Kier molecular flexibility index (Phi) is 6.42. The number of hydrogen-bond acceptors (Lipinski definition) is 4. The van der Waals surface area contributed by atoms with E-state index in [0.29, 0.717) is 32.9 Å². The van der Waals surface area contributed by atoms with Crippen LogP contribution < -0.4 is 5.32 Å². The highest BCUT2D eigenvalue weighted by Crippen LogP contribution is 2.07. The summed E-state index contributed by atoms with van der Waals surface area (Å²) < 4.78 is 11.2. The van der Waals surface area contributed by atoms with E-state index in [2.05, 4.69) is 5.32 Å². The van der Waals surface area contributed by atoms with Crippen molar-refractivity contribution in [1.82, 2.24) is 10.2 Å². The summed E-state index contributed by atoms with van der Waals surface area (Å²) in [5.74, 6) is 0. The van der Waals surface area contributed by atoms with E-state index in [0.717, 1.165) is 17.7 Å². The number of carbonyl (C=O) groups excluding carboxylic acids is 1. The molecule has 5 heteroatoms. The van der Waals surface area contributed by atoms with Gasteiger partial charge in [0.15, 0.2) is 0 Å². The van der Waals surface area contributed by atoms with Crippen LogP contribution in [0.5, 0.6) is 0 Å². The number of hydrogen-bond donors (Lipinski definition) is 1. The lowest BCUT2D eigenvalue weighted by Gasteiger charge is -2.32. The number of rotatable bonds is 6. The molecule has 1 aliphatic rings. The molecule has 1 unspecified atom stereocenters. The summed E-state index contributed by atoms with van der Waals surface area (Å²) in [7, 11) is 0. The lowest BCUT2D eigenvalue weighted by atomic mass is 10.2. The molecular weight excluding hydrogens is 316 g/mol. The zero-order valence-electron chi connectivity index (χ0n) is 14.3. The van der Waals surface area contributed by atoms with Gasteiger partial charge in [-0.3, -0.25) is 0 Å². The van der Waals surface area contributed by atoms with Crippen molar-refractivity contribution in [2.24, 2.45) is 0 Å². The molecule has 0 aliphatic carbocycles. The van der Waals surface area contributed by atoms with Gasteiger partial charge in [-0.05, 0) is 11.1 Å². The molecule has 132 valence electrons. The molecular formula is C20H24N2O3. The van der Waals surface area contributed by atoms with Gasteiger partial charge in [-0.1, -0.05) is 60.7 Å². The maximum Gasteiger partial charge on any atom is 0.410 e. The number of nitrogens with one attached hydrogen (secondary N) is 1. The second-order valence-electron chi connectivity index (χ2n) is 6.14. The van der Waals surface area contributed by atoms with Crippen LogP contribution in [0.3, 0.4) is 0 Å². The van der Waals surface area contributed by atoms with Gasteiger partial charge in [-0.2, -0.15) is 0 Å². The Morgan fingerprint density at radius 3 is 2.32 bits per heavy atom. The van der Waals surface area contributed by atoms with Gasteiger partial charge in [-0.25, -0.2) is 4.79 Å². The molecule has 0 aromatic heterocycles. The molecule has 1 saturated heterocycles. The van der Waals surface area contributed by atoms with E-state index >= 15 is 0 Å². The van der Waals surface area contributed by atoms with Crippen LogP contribution in [0, 0.1) is 0 Å². The van der Waals surface area contributed by atoms with Gasteiger partial charge in [0.1, 0.15) is 6.61 Å². The molecule has 1 aliphatic heterocycles.